The largest absolute Gasteiger partial charge is 0.349 e. The van der Waals surface area contributed by atoms with Crippen LogP contribution in [0.4, 0.5) is 4.79 Å². The maximum atomic E-state index is 13.0. The molecule has 1 aromatic rings. The van der Waals surface area contributed by atoms with Gasteiger partial charge >= 0.3 is 6.03 Å². The van der Waals surface area contributed by atoms with Crippen LogP contribution in [0.3, 0.4) is 0 Å². The summed E-state index contributed by atoms with van der Waals surface area (Å²) in [5.41, 5.74) is 1.10. The van der Waals surface area contributed by atoms with Gasteiger partial charge in [-0.2, -0.15) is 0 Å². The van der Waals surface area contributed by atoms with E-state index in [-0.39, 0.29) is 23.9 Å². The molecular formula is C23H34ClN3O2. The molecule has 2 heterocycles. The van der Waals surface area contributed by atoms with Crippen molar-refractivity contribution in [2.75, 3.05) is 26.2 Å². The minimum atomic E-state index is -0.0218. The second-order valence-electron chi connectivity index (χ2n) is 8.82. The van der Waals surface area contributed by atoms with Crippen LogP contribution in [0.15, 0.2) is 24.3 Å². The molecular weight excluding hydrogens is 386 g/mol. The first-order valence-electron chi connectivity index (χ1n) is 11.0. The second kappa shape index (κ2) is 10.3. The highest BCUT2D eigenvalue weighted by Gasteiger charge is 2.31. The van der Waals surface area contributed by atoms with E-state index in [4.69, 9.17) is 11.6 Å². The smallest absolute Gasteiger partial charge is 0.319 e. The van der Waals surface area contributed by atoms with E-state index in [1.165, 1.54) is 0 Å². The van der Waals surface area contributed by atoms with Gasteiger partial charge in [-0.05, 0) is 62.1 Å². The zero-order valence-electron chi connectivity index (χ0n) is 17.7. The number of carbonyl (C=O) groups is 2. The minimum absolute atomic E-state index is 0.00595. The number of likely N-dealkylation sites (tertiary alicyclic amines) is 2. The third kappa shape index (κ3) is 6.11. The molecule has 0 radical (unpaired) electrons. The average molecular weight is 420 g/mol. The number of nitrogens with zero attached hydrogens (tertiary/aromatic N) is 2. The lowest BCUT2D eigenvalue weighted by molar-refractivity contribution is -0.127. The van der Waals surface area contributed by atoms with Gasteiger partial charge in [-0.1, -0.05) is 37.6 Å². The number of halogens is 1. The Hall–Kier alpha value is -1.75. The Labute approximate surface area is 179 Å². The fourth-order valence-corrected chi connectivity index (χ4v) is 4.37. The number of carbonyl (C=O) groups excluding carboxylic acids is 2. The maximum Gasteiger partial charge on any atom is 0.319 e. The molecule has 2 aliphatic rings. The van der Waals surface area contributed by atoms with E-state index in [1.807, 2.05) is 34.1 Å². The third-order valence-electron chi connectivity index (χ3n) is 6.13. The number of urea groups is 1. The summed E-state index contributed by atoms with van der Waals surface area (Å²) in [7, 11) is 0. The van der Waals surface area contributed by atoms with Gasteiger partial charge in [-0.15, -0.1) is 0 Å². The predicted molar refractivity (Wildman–Crippen MR) is 117 cm³/mol. The van der Waals surface area contributed by atoms with Crippen LogP contribution in [0, 0.1) is 11.8 Å². The van der Waals surface area contributed by atoms with Gasteiger partial charge in [0.1, 0.15) is 0 Å². The molecule has 0 aromatic heterocycles. The SMILES string of the molecule is CC(C)CCC(NC(=O)C1CCN(C(=O)N2CCCC2)CC1)c1ccc(Cl)cc1. The van der Waals surface area contributed by atoms with E-state index in [2.05, 4.69) is 19.2 Å². The Morgan fingerprint density at radius 1 is 1.00 bits per heavy atom. The van der Waals surface area contributed by atoms with E-state index >= 15 is 0 Å². The number of piperidine rings is 1. The second-order valence-corrected chi connectivity index (χ2v) is 9.26. The number of rotatable bonds is 6. The highest BCUT2D eigenvalue weighted by atomic mass is 35.5. The van der Waals surface area contributed by atoms with Crippen molar-refractivity contribution < 1.29 is 9.59 Å². The number of hydrogen-bond donors (Lipinski definition) is 1. The molecule has 2 aliphatic heterocycles. The van der Waals surface area contributed by atoms with Crippen molar-refractivity contribution in [1.82, 2.24) is 15.1 Å². The van der Waals surface area contributed by atoms with Gasteiger partial charge in [-0.25, -0.2) is 4.79 Å². The predicted octanol–water partition coefficient (Wildman–Crippen LogP) is 4.86. The number of nitrogens with one attached hydrogen (secondary N) is 1. The van der Waals surface area contributed by atoms with Crippen molar-refractivity contribution in [3.63, 3.8) is 0 Å². The molecule has 160 valence electrons. The topological polar surface area (TPSA) is 52.7 Å². The van der Waals surface area contributed by atoms with Crippen molar-refractivity contribution in [1.29, 1.82) is 0 Å². The maximum absolute atomic E-state index is 13.0. The molecule has 1 unspecified atom stereocenters. The van der Waals surface area contributed by atoms with Gasteiger partial charge in [0.2, 0.25) is 5.91 Å². The lowest BCUT2D eigenvalue weighted by atomic mass is 9.93. The molecule has 5 nitrogen and oxygen atoms in total. The Bertz CT molecular complexity index is 678. The molecule has 2 fully saturated rings. The Morgan fingerprint density at radius 2 is 1.59 bits per heavy atom. The van der Waals surface area contributed by atoms with Gasteiger partial charge < -0.3 is 15.1 Å². The van der Waals surface area contributed by atoms with E-state index in [1.54, 1.807) is 0 Å². The molecule has 1 atom stereocenters. The summed E-state index contributed by atoms with van der Waals surface area (Å²) in [6, 6.07) is 7.93. The van der Waals surface area contributed by atoms with Crippen molar-refractivity contribution in [2.24, 2.45) is 11.8 Å². The molecule has 1 N–H and O–H groups in total. The van der Waals surface area contributed by atoms with Crippen molar-refractivity contribution in [2.45, 2.75) is 58.4 Å². The summed E-state index contributed by atoms with van der Waals surface area (Å²) < 4.78 is 0. The van der Waals surface area contributed by atoms with Crippen molar-refractivity contribution >= 4 is 23.5 Å². The van der Waals surface area contributed by atoms with E-state index < -0.39 is 0 Å². The third-order valence-corrected chi connectivity index (χ3v) is 6.39. The van der Waals surface area contributed by atoms with Crippen LogP contribution < -0.4 is 5.32 Å². The van der Waals surface area contributed by atoms with E-state index in [0.29, 0.717) is 24.0 Å². The molecule has 0 aliphatic carbocycles. The molecule has 1 aromatic carbocycles. The molecule has 0 bridgehead atoms. The molecule has 0 spiro atoms. The molecule has 0 saturated carbocycles. The van der Waals surface area contributed by atoms with E-state index in [9.17, 15) is 9.59 Å². The first-order valence-corrected chi connectivity index (χ1v) is 11.4. The summed E-state index contributed by atoms with van der Waals surface area (Å²) in [6.45, 7) is 7.49. The monoisotopic (exact) mass is 419 g/mol. The summed E-state index contributed by atoms with van der Waals surface area (Å²) in [6.07, 6.45) is 5.65. The van der Waals surface area contributed by atoms with Gasteiger partial charge in [0.25, 0.3) is 0 Å². The van der Waals surface area contributed by atoms with Crippen molar-refractivity contribution in [3.8, 4) is 0 Å². The first kappa shape index (κ1) is 21.9. The molecule has 3 amide bonds. The fourth-order valence-electron chi connectivity index (χ4n) is 4.25. The molecule has 29 heavy (non-hydrogen) atoms. The fraction of sp³-hybridized carbons (Fsp3) is 0.652. The molecule has 2 saturated heterocycles. The Kier molecular flexibility index (Phi) is 7.82. The van der Waals surface area contributed by atoms with Gasteiger partial charge in [-0.3, -0.25) is 4.79 Å². The summed E-state index contributed by atoms with van der Waals surface area (Å²) >= 11 is 6.03. The van der Waals surface area contributed by atoms with Crippen LogP contribution >= 0.6 is 11.6 Å². The first-order chi connectivity index (χ1) is 13.9. The van der Waals surface area contributed by atoms with Crippen LogP contribution in [0.2, 0.25) is 5.02 Å². The number of hydrogen-bond acceptors (Lipinski definition) is 2. The number of amides is 3. The lowest BCUT2D eigenvalue weighted by Gasteiger charge is -2.34. The van der Waals surface area contributed by atoms with Gasteiger partial charge in [0, 0.05) is 37.1 Å². The normalized spacial score (nSPS) is 18.9. The van der Waals surface area contributed by atoms with Gasteiger partial charge in [0.05, 0.1) is 6.04 Å². The summed E-state index contributed by atoms with van der Waals surface area (Å²) in [5.74, 6) is 0.676. The Balaban J connectivity index is 1.55. The lowest BCUT2D eigenvalue weighted by Crippen LogP contribution is -2.48. The Morgan fingerprint density at radius 3 is 2.17 bits per heavy atom. The highest BCUT2D eigenvalue weighted by molar-refractivity contribution is 6.30. The van der Waals surface area contributed by atoms with Crippen molar-refractivity contribution in [3.05, 3.63) is 34.9 Å². The average Bonchev–Trinajstić information content (AvgIpc) is 3.26. The van der Waals surface area contributed by atoms with Crippen LogP contribution in [0.1, 0.15) is 64.0 Å². The van der Waals surface area contributed by atoms with Crippen LogP contribution in [-0.2, 0) is 4.79 Å². The van der Waals surface area contributed by atoms with E-state index in [0.717, 1.165) is 57.2 Å². The van der Waals surface area contributed by atoms with Crippen LogP contribution in [0.25, 0.3) is 0 Å². The van der Waals surface area contributed by atoms with Crippen LogP contribution in [-0.4, -0.2) is 47.9 Å². The minimum Gasteiger partial charge on any atom is -0.349 e. The molecule has 3 rings (SSSR count). The quantitative estimate of drug-likeness (QED) is 0.715. The zero-order chi connectivity index (χ0) is 20.8. The summed E-state index contributed by atoms with van der Waals surface area (Å²) in [4.78, 5) is 29.4. The van der Waals surface area contributed by atoms with Gasteiger partial charge in [0.15, 0.2) is 0 Å². The summed E-state index contributed by atoms with van der Waals surface area (Å²) in [5, 5.41) is 3.99. The zero-order valence-corrected chi connectivity index (χ0v) is 18.5. The van der Waals surface area contributed by atoms with Crippen LogP contribution in [0.5, 0.6) is 0 Å². The molecule has 6 heteroatoms. The number of benzene rings is 1. The highest BCUT2D eigenvalue weighted by Crippen LogP contribution is 2.25. The standard InChI is InChI=1S/C23H34ClN3O2/c1-17(2)5-10-21(18-6-8-20(24)9-7-18)25-22(28)19-11-15-27(16-12-19)23(29)26-13-3-4-14-26/h6-9,17,19,21H,3-5,10-16H2,1-2H3,(H,25,28).